The maximum absolute atomic E-state index is 4.28. The van der Waals surface area contributed by atoms with Gasteiger partial charge in [-0.1, -0.05) is 0 Å². The number of rotatable bonds is 1. The number of aromatic nitrogens is 1. The largest absolute Gasteiger partial charge is 0.368 e. The quantitative estimate of drug-likeness (QED) is 0.782. The van der Waals surface area contributed by atoms with E-state index in [2.05, 4.69) is 42.0 Å². The molecule has 0 unspecified atom stereocenters. The van der Waals surface area contributed by atoms with Crippen LogP contribution in [0.5, 0.6) is 0 Å². The van der Waals surface area contributed by atoms with Gasteiger partial charge in [-0.25, -0.2) is 0 Å². The Balaban J connectivity index is 2.19. The van der Waals surface area contributed by atoms with Crippen molar-refractivity contribution in [2.45, 2.75) is 32.7 Å². The van der Waals surface area contributed by atoms with Gasteiger partial charge in [0.05, 0.1) is 11.9 Å². The van der Waals surface area contributed by atoms with Gasteiger partial charge < -0.3 is 10.2 Å². The first kappa shape index (κ1) is 11.4. The lowest BCUT2D eigenvalue weighted by atomic mass is 10.1. The summed E-state index contributed by atoms with van der Waals surface area (Å²) in [6, 6.07) is 2.22. The number of anilines is 1. The van der Waals surface area contributed by atoms with Gasteiger partial charge in [0, 0.05) is 24.8 Å². The summed E-state index contributed by atoms with van der Waals surface area (Å²) in [4.78, 5) is 6.71. The molecule has 1 aliphatic heterocycles. The zero-order valence-corrected chi connectivity index (χ0v) is 10.5. The minimum absolute atomic E-state index is 0.181. The van der Waals surface area contributed by atoms with E-state index in [0.717, 1.165) is 19.6 Å². The van der Waals surface area contributed by atoms with Crippen molar-refractivity contribution in [1.29, 1.82) is 0 Å². The summed E-state index contributed by atoms with van der Waals surface area (Å²) in [5.74, 6) is 0. The van der Waals surface area contributed by atoms with Crippen LogP contribution in [0, 0.1) is 6.92 Å². The van der Waals surface area contributed by atoms with E-state index in [0.29, 0.717) is 0 Å². The first-order valence-corrected chi connectivity index (χ1v) is 5.98. The molecular formula is C13H21N3. The molecule has 0 saturated carbocycles. The van der Waals surface area contributed by atoms with Crippen LogP contribution in [0.15, 0.2) is 18.5 Å². The molecule has 3 nitrogen and oxygen atoms in total. The van der Waals surface area contributed by atoms with E-state index < -0.39 is 0 Å². The Morgan fingerprint density at radius 3 is 2.94 bits per heavy atom. The van der Waals surface area contributed by atoms with Crippen molar-refractivity contribution in [2.75, 3.05) is 24.5 Å². The number of hydrogen-bond acceptors (Lipinski definition) is 3. The molecule has 0 atom stereocenters. The summed E-state index contributed by atoms with van der Waals surface area (Å²) in [5.41, 5.74) is 2.66. The van der Waals surface area contributed by atoms with E-state index in [1.165, 1.54) is 17.7 Å². The Kier molecular flexibility index (Phi) is 3.15. The Hall–Kier alpha value is -1.09. The minimum atomic E-state index is 0.181. The molecule has 88 valence electrons. The van der Waals surface area contributed by atoms with Crippen LogP contribution in [-0.2, 0) is 0 Å². The van der Waals surface area contributed by atoms with Crippen molar-refractivity contribution in [3.05, 3.63) is 24.0 Å². The average Bonchev–Trinajstić information content (AvgIpc) is 2.39. The molecule has 16 heavy (non-hydrogen) atoms. The summed E-state index contributed by atoms with van der Waals surface area (Å²) >= 11 is 0. The van der Waals surface area contributed by atoms with Gasteiger partial charge in [-0.15, -0.1) is 0 Å². The van der Waals surface area contributed by atoms with Gasteiger partial charge in [-0.05, 0) is 45.4 Å². The highest BCUT2D eigenvalue weighted by Crippen LogP contribution is 2.19. The molecule has 0 amide bonds. The molecule has 1 aromatic rings. The molecule has 1 aromatic heterocycles. The number of aryl methyl sites for hydroxylation is 1. The number of hydrogen-bond donors (Lipinski definition) is 1. The normalized spacial score (nSPS) is 20.6. The molecule has 0 bridgehead atoms. The van der Waals surface area contributed by atoms with Crippen LogP contribution < -0.4 is 10.2 Å². The van der Waals surface area contributed by atoms with Crippen molar-refractivity contribution in [1.82, 2.24) is 10.3 Å². The van der Waals surface area contributed by atoms with Crippen molar-refractivity contribution in [3.63, 3.8) is 0 Å². The Morgan fingerprint density at radius 2 is 2.19 bits per heavy atom. The molecule has 0 aromatic carbocycles. The first-order valence-electron chi connectivity index (χ1n) is 5.98. The Morgan fingerprint density at radius 1 is 1.38 bits per heavy atom. The highest BCUT2D eigenvalue weighted by Gasteiger charge is 2.24. The van der Waals surface area contributed by atoms with Crippen LogP contribution in [0.2, 0.25) is 0 Å². The van der Waals surface area contributed by atoms with Crippen molar-refractivity contribution in [3.8, 4) is 0 Å². The molecule has 0 radical (unpaired) electrons. The number of nitrogens with zero attached hydrogens (tertiary/aromatic N) is 2. The van der Waals surface area contributed by atoms with E-state index >= 15 is 0 Å². The molecule has 2 rings (SSSR count). The van der Waals surface area contributed by atoms with Crippen molar-refractivity contribution < 1.29 is 0 Å². The fourth-order valence-corrected chi connectivity index (χ4v) is 2.24. The molecule has 3 heteroatoms. The number of nitrogens with one attached hydrogen (secondary N) is 1. The second-order valence-corrected chi connectivity index (χ2v) is 5.31. The highest BCUT2D eigenvalue weighted by atomic mass is 15.2. The summed E-state index contributed by atoms with van der Waals surface area (Å²) in [5, 5.41) is 3.57. The Bertz CT molecular complexity index is 360. The zero-order chi connectivity index (χ0) is 11.6. The molecule has 0 aliphatic carbocycles. The van der Waals surface area contributed by atoms with Crippen LogP contribution in [0.1, 0.15) is 25.8 Å². The third kappa shape index (κ3) is 2.73. The summed E-state index contributed by atoms with van der Waals surface area (Å²) in [6.45, 7) is 9.86. The van der Waals surface area contributed by atoms with E-state index in [-0.39, 0.29) is 5.54 Å². The van der Waals surface area contributed by atoms with E-state index in [1.807, 2.05) is 12.4 Å². The maximum Gasteiger partial charge on any atom is 0.0556 e. The standard InChI is InChI=1S/C13H21N3/c1-11-7-12(9-14-8-11)16-6-4-5-15-13(2,3)10-16/h7-9,15H,4-6,10H2,1-3H3. The van der Waals surface area contributed by atoms with Gasteiger partial charge in [-0.3, -0.25) is 4.98 Å². The van der Waals surface area contributed by atoms with E-state index in [1.54, 1.807) is 0 Å². The first-order chi connectivity index (χ1) is 7.57. The lowest BCUT2D eigenvalue weighted by Gasteiger charge is -2.31. The molecule has 1 saturated heterocycles. The minimum Gasteiger partial charge on any atom is -0.368 e. The maximum atomic E-state index is 4.28. The van der Waals surface area contributed by atoms with Crippen LogP contribution in [0.4, 0.5) is 5.69 Å². The highest BCUT2D eigenvalue weighted by molar-refractivity contribution is 5.46. The van der Waals surface area contributed by atoms with Gasteiger partial charge in [0.25, 0.3) is 0 Å². The van der Waals surface area contributed by atoms with Crippen molar-refractivity contribution >= 4 is 5.69 Å². The van der Waals surface area contributed by atoms with Crippen LogP contribution in [-0.4, -0.2) is 30.2 Å². The van der Waals surface area contributed by atoms with Gasteiger partial charge in [0.15, 0.2) is 0 Å². The third-order valence-electron chi connectivity index (χ3n) is 3.02. The summed E-state index contributed by atoms with van der Waals surface area (Å²) in [7, 11) is 0. The zero-order valence-electron chi connectivity index (χ0n) is 10.5. The van der Waals surface area contributed by atoms with Gasteiger partial charge in [-0.2, -0.15) is 0 Å². The number of pyridine rings is 1. The molecular weight excluding hydrogens is 198 g/mol. The molecule has 0 spiro atoms. The molecule has 1 N–H and O–H groups in total. The predicted molar refractivity (Wildman–Crippen MR) is 67.9 cm³/mol. The van der Waals surface area contributed by atoms with Gasteiger partial charge in [0.2, 0.25) is 0 Å². The van der Waals surface area contributed by atoms with Crippen LogP contribution in [0.25, 0.3) is 0 Å². The third-order valence-corrected chi connectivity index (χ3v) is 3.02. The fraction of sp³-hybridized carbons (Fsp3) is 0.615. The van der Waals surface area contributed by atoms with Crippen LogP contribution >= 0.6 is 0 Å². The molecule has 1 fully saturated rings. The lowest BCUT2D eigenvalue weighted by molar-refractivity contribution is 0.416. The summed E-state index contributed by atoms with van der Waals surface area (Å²) in [6.07, 6.45) is 5.07. The molecule has 2 heterocycles. The van der Waals surface area contributed by atoms with Gasteiger partial charge in [0.1, 0.15) is 0 Å². The topological polar surface area (TPSA) is 28.2 Å². The van der Waals surface area contributed by atoms with E-state index in [9.17, 15) is 0 Å². The average molecular weight is 219 g/mol. The monoisotopic (exact) mass is 219 g/mol. The smallest absolute Gasteiger partial charge is 0.0556 e. The lowest BCUT2D eigenvalue weighted by Crippen LogP contribution is -2.46. The fourth-order valence-electron chi connectivity index (χ4n) is 2.24. The second-order valence-electron chi connectivity index (χ2n) is 5.31. The van der Waals surface area contributed by atoms with Gasteiger partial charge >= 0.3 is 0 Å². The second kappa shape index (κ2) is 4.42. The summed E-state index contributed by atoms with van der Waals surface area (Å²) < 4.78 is 0. The van der Waals surface area contributed by atoms with Crippen LogP contribution in [0.3, 0.4) is 0 Å². The van der Waals surface area contributed by atoms with E-state index in [4.69, 9.17) is 0 Å². The predicted octanol–water partition coefficient (Wildman–Crippen LogP) is 1.97. The van der Waals surface area contributed by atoms with Crippen molar-refractivity contribution in [2.24, 2.45) is 0 Å². The Labute approximate surface area is 97.9 Å². The molecule has 1 aliphatic rings. The SMILES string of the molecule is Cc1cncc(N2CCCNC(C)(C)C2)c1.